The minimum absolute atomic E-state index is 0.485. The molecule has 0 amide bonds. The zero-order valence-corrected chi connectivity index (χ0v) is 6.18. The third-order valence-electron chi connectivity index (χ3n) is 1.30. The maximum Gasteiger partial charge on any atom is 0.110 e. The van der Waals surface area contributed by atoms with Gasteiger partial charge in [0.15, 0.2) is 0 Å². The van der Waals surface area contributed by atoms with Gasteiger partial charge in [-0.05, 0) is 5.56 Å². The quantitative estimate of drug-likeness (QED) is 0.581. The number of halogens is 2. The van der Waals surface area contributed by atoms with E-state index in [1.807, 2.05) is 30.3 Å². The van der Waals surface area contributed by atoms with Gasteiger partial charge in [-0.15, -0.1) is 11.6 Å². The maximum atomic E-state index is 11.9. The molecule has 0 radical (unpaired) electrons. The van der Waals surface area contributed by atoms with Crippen LogP contribution in [0, 0.1) is 0 Å². The zero-order chi connectivity index (χ0) is 7.40. The molecule has 1 rings (SSSR count). The van der Waals surface area contributed by atoms with Gasteiger partial charge >= 0.3 is 0 Å². The fourth-order valence-electron chi connectivity index (χ4n) is 0.751. The van der Waals surface area contributed by atoms with Crippen LogP contribution < -0.4 is 0 Å². The minimum Gasteiger partial charge on any atom is -0.249 e. The molecule has 0 nitrogen and oxygen atoms in total. The molecule has 0 heterocycles. The van der Waals surface area contributed by atoms with Crippen molar-refractivity contribution in [3.05, 3.63) is 35.9 Å². The van der Waals surface area contributed by atoms with E-state index in [9.17, 15) is 4.39 Å². The Kier molecular flexibility index (Phi) is 2.69. The summed E-state index contributed by atoms with van der Waals surface area (Å²) >= 11 is 5.62. The molecule has 10 heavy (non-hydrogen) atoms. The van der Waals surface area contributed by atoms with E-state index in [0.29, 0.717) is 0 Å². The van der Waals surface area contributed by atoms with Crippen LogP contribution in [0.25, 0.3) is 0 Å². The van der Waals surface area contributed by atoms with Crippen LogP contribution in [-0.4, -0.2) is 6.67 Å². The number of hydrogen-bond donors (Lipinski definition) is 0. The van der Waals surface area contributed by atoms with E-state index >= 15 is 0 Å². The van der Waals surface area contributed by atoms with Crippen molar-refractivity contribution in [1.29, 1.82) is 0 Å². The Balaban J connectivity index is 2.75. The van der Waals surface area contributed by atoms with E-state index < -0.39 is 12.1 Å². The highest BCUT2D eigenvalue weighted by molar-refractivity contribution is 6.20. The molecular formula is C8H8ClF. The highest BCUT2D eigenvalue weighted by Crippen LogP contribution is 2.19. The standard InChI is InChI=1S/C8H8ClF/c9-8(6-10)7-4-2-1-3-5-7/h1-5,8H,6H2/t8-/m0/s1. The molecule has 0 N–H and O–H groups in total. The molecule has 0 aliphatic rings. The molecule has 0 spiro atoms. The normalized spacial score (nSPS) is 13.0. The molecule has 1 atom stereocenters. The number of rotatable bonds is 2. The Morgan fingerprint density at radius 1 is 1.30 bits per heavy atom. The fraction of sp³-hybridized carbons (Fsp3) is 0.250. The van der Waals surface area contributed by atoms with Crippen LogP contribution in [0.4, 0.5) is 4.39 Å². The number of alkyl halides is 2. The Labute approximate surface area is 64.6 Å². The first-order valence-electron chi connectivity index (χ1n) is 3.09. The topological polar surface area (TPSA) is 0 Å². The maximum absolute atomic E-state index is 11.9. The van der Waals surface area contributed by atoms with Crippen LogP contribution in [0.5, 0.6) is 0 Å². The summed E-state index contributed by atoms with van der Waals surface area (Å²) in [6, 6.07) is 9.21. The van der Waals surface area contributed by atoms with Gasteiger partial charge in [-0.2, -0.15) is 0 Å². The summed E-state index contributed by atoms with van der Waals surface area (Å²) in [5.74, 6) is 0. The fourth-order valence-corrected chi connectivity index (χ4v) is 0.896. The van der Waals surface area contributed by atoms with Gasteiger partial charge in [0.1, 0.15) is 6.67 Å². The van der Waals surface area contributed by atoms with Crippen LogP contribution in [0.1, 0.15) is 10.9 Å². The second-order valence-corrected chi connectivity index (χ2v) is 2.56. The molecule has 2 heteroatoms. The van der Waals surface area contributed by atoms with E-state index in [1.54, 1.807) is 0 Å². The monoisotopic (exact) mass is 158 g/mol. The van der Waals surface area contributed by atoms with Crippen molar-refractivity contribution in [2.75, 3.05) is 6.67 Å². The predicted octanol–water partition coefficient (Wildman–Crippen LogP) is 2.94. The van der Waals surface area contributed by atoms with Crippen LogP contribution in [0.2, 0.25) is 0 Å². The summed E-state index contributed by atoms with van der Waals surface area (Å²) in [5, 5.41) is -0.485. The summed E-state index contributed by atoms with van der Waals surface area (Å²) in [6.45, 7) is -0.508. The first kappa shape index (κ1) is 7.55. The lowest BCUT2D eigenvalue weighted by Crippen LogP contribution is -1.90. The lowest BCUT2D eigenvalue weighted by atomic mass is 10.2. The molecule has 0 aliphatic carbocycles. The van der Waals surface area contributed by atoms with Gasteiger partial charge in [-0.1, -0.05) is 30.3 Å². The summed E-state index contributed by atoms with van der Waals surface area (Å²) in [7, 11) is 0. The molecule has 54 valence electrons. The van der Waals surface area contributed by atoms with E-state index in [2.05, 4.69) is 0 Å². The summed E-state index contributed by atoms with van der Waals surface area (Å²) in [6.07, 6.45) is 0. The van der Waals surface area contributed by atoms with Crippen molar-refractivity contribution in [1.82, 2.24) is 0 Å². The molecule has 0 saturated carbocycles. The van der Waals surface area contributed by atoms with E-state index in [4.69, 9.17) is 11.6 Å². The molecule has 1 aromatic rings. The van der Waals surface area contributed by atoms with Gasteiger partial charge in [-0.25, -0.2) is 4.39 Å². The lowest BCUT2D eigenvalue weighted by Gasteiger charge is -2.02. The van der Waals surface area contributed by atoms with Crippen LogP contribution in [0.15, 0.2) is 30.3 Å². The molecule has 0 unspecified atom stereocenters. The number of hydrogen-bond acceptors (Lipinski definition) is 0. The highest BCUT2D eigenvalue weighted by atomic mass is 35.5. The Bertz CT molecular complexity index is 186. The smallest absolute Gasteiger partial charge is 0.110 e. The largest absolute Gasteiger partial charge is 0.249 e. The van der Waals surface area contributed by atoms with Gasteiger partial charge in [0.2, 0.25) is 0 Å². The first-order chi connectivity index (χ1) is 4.84. The third kappa shape index (κ3) is 1.71. The van der Waals surface area contributed by atoms with Gasteiger partial charge in [0.05, 0.1) is 5.38 Å². The second kappa shape index (κ2) is 3.57. The summed E-state index contributed by atoms with van der Waals surface area (Å²) in [5.41, 5.74) is 0.840. The molecule has 0 saturated heterocycles. The van der Waals surface area contributed by atoms with Crippen molar-refractivity contribution >= 4 is 11.6 Å². The zero-order valence-electron chi connectivity index (χ0n) is 5.43. The highest BCUT2D eigenvalue weighted by Gasteiger charge is 2.04. The summed E-state index contributed by atoms with van der Waals surface area (Å²) in [4.78, 5) is 0. The molecule has 0 bridgehead atoms. The van der Waals surface area contributed by atoms with E-state index in [0.717, 1.165) is 5.56 Å². The lowest BCUT2D eigenvalue weighted by molar-refractivity contribution is 0.486. The van der Waals surface area contributed by atoms with Crippen molar-refractivity contribution in [3.8, 4) is 0 Å². The predicted molar refractivity (Wildman–Crippen MR) is 41.0 cm³/mol. The average Bonchev–Trinajstić information content (AvgIpc) is 2.05. The molecule has 1 aromatic carbocycles. The van der Waals surface area contributed by atoms with Gasteiger partial charge in [0, 0.05) is 0 Å². The third-order valence-corrected chi connectivity index (χ3v) is 1.67. The number of benzene rings is 1. The van der Waals surface area contributed by atoms with E-state index in [-0.39, 0.29) is 0 Å². The van der Waals surface area contributed by atoms with Gasteiger partial charge in [0.25, 0.3) is 0 Å². The molecule has 0 aliphatic heterocycles. The van der Waals surface area contributed by atoms with Crippen molar-refractivity contribution in [2.24, 2.45) is 0 Å². The Hall–Kier alpha value is -0.560. The SMILES string of the molecule is FC[C@H](Cl)c1ccccc1. The van der Waals surface area contributed by atoms with Gasteiger partial charge in [-0.3, -0.25) is 0 Å². The molecule has 0 fully saturated rings. The van der Waals surface area contributed by atoms with E-state index in [1.165, 1.54) is 0 Å². The Morgan fingerprint density at radius 3 is 2.40 bits per heavy atom. The van der Waals surface area contributed by atoms with Crippen LogP contribution in [0.3, 0.4) is 0 Å². The molecule has 0 aromatic heterocycles. The van der Waals surface area contributed by atoms with Crippen molar-refractivity contribution in [3.63, 3.8) is 0 Å². The average molecular weight is 159 g/mol. The first-order valence-corrected chi connectivity index (χ1v) is 3.53. The second-order valence-electron chi connectivity index (χ2n) is 2.03. The summed E-state index contributed by atoms with van der Waals surface area (Å²) < 4.78 is 11.9. The van der Waals surface area contributed by atoms with Crippen LogP contribution in [-0.2, 0) is 0 Å². The Morgan fingerprint density at radius 2 is 1.90 bits per heavy atom. The van der Waals surface area contributed by atoms with Crippen molar-refractivity contribution in [2.45, 2.75) is 5.38 Å². The van der Waals surface area contributed by atoms with Crippen LogP contribution >= 0.6 is 11.6 Å². The molecular weight excluding hydrogens is 151 g/mol. The van der Waals surface area contributed by atoms with Crippen molar-refractivity contribution < 1.29 is 4.39 Å². The van der Waals surface area contributed by atoms with Gasteiger partial charge < -0.3 is 0 Å². The minimum atomic E-state index is -0.508.